The van der Waals surface area contributed by atoms with Gasteiger partial charge in [0.25, 0.3) is 5.91 Å². The van der Waals surface area contributed by atoms with Crippen LogP contribution in [-0.2, 0) is 14.3 Å². The summed E-state index contributed by atoms with van der Waals surface area (Å²) >= 11 is 0. The van der Waals surface area contributed by atoms with E-state index in [1.807, 2.05) is 24.3 Å². The molecule has 3 N–H and O–H groups in total. The molecule has 0 fully saturated rings. The molecular formula is C15H14N2O4. The fraction of sp³-hybridized carbons (Fsp3) is 0.133. The van der Waals surface area contributed by atoms with Crippen molar-refractivity contribution in [1.82, 2.24) is 5.32 Å². The van der Waals surface area contributed by atoms with Crippen molar-refractivity contribution in [2.24, 2.45) is 5.73 Å². The molecule has 0 bridgehead atoms. The number of esters is 1. The van der Waals surface area contributed by atoms with Crippen molar-refractivity contribution in [2.75, 3.05) is 13.2 Å². The van der Waals surface area contributed by atoms with Crippen LogP contribution in [0.15, 0.2) is 42.5 Å². The van der Waals surface area contributed by atoms with Gasteiger partial charge in [-0.1, -0.05) is 36.4 Å². The van der Waals surface area contributed by atoms with Crippen LogP contribution in [0.5, 0.6) is 0 Å². The number of hydrogen-bond acceptors (Lipinski definition) is 4. The zero-order chi connectivity index (χ0) is 15.2. The summed E-state index contributed by atoms with van der Waals surface area (Å²) < 4.78 is 4.93. The average molecular weight is 286 g/mol. The normalized spacial score (nSPS) is 10.1. The maximum Gasteiger partial charge on any atom is 0.339 e. The van der Waals surface area contributed by atoms with Crippen LogP contribution in [0, 0.1) is 0 Å². The van der Waals surface area contributed by atoms with E-state index >= 15 is 0 Å². The maximum atomic E-state index is 12.0. The molecule has 0 unspecified atom stereocenters. The summed E-state index contributed by atoms with van der Waals surface area (Å²) in [6, 6.07) is 12.6. The van der Waals surface area contributed by atoms with E-state index in [0.717, 1.165) is 10.8 Å². The molecule has 0 saturated heterocycles. The number of nitrogens with two attached hydrogens (primary N) is 1. The first-order valence-electron chi connectivity index (χ1n) is 6.28. The van der Waals surface area contributed by atoms with Gasteiger partial charge < -0.3 is 15.8 Å². The summed E-state index contributed by atoms with van der Waals surface area (Å²) in [5, 5.41) is 3.90. The summed E-state index contributed by atoms with van der Waals surface area (Å²) in [5.41, 5.74) is 5.27. The highest BCUT2D eigenvalue weighted by molar-refractivity contribution is 6.04. The van der Waals surface area contributed by atoms with Crippen molar-refractivity contribution in [3.63, 3.8) is 0 Å². The predicted octanol–water partition coefficient (Wildman–Crippen LogP) is 0.598. The molecule has 0 radical (unpaired) electrons. The molecule has 21 heavy (non-hydrogen) atoms. The number of benzene rings is 2. The molecule has 0 saturated carbocycles. The number of nitrogens with one attached hydrogen (secondary N) is 1. The van der Waals surface area contributed by atoms with Gasteiger partial charge in [-0.3, -0.25) is 9.59 Å². The monoisotopic (exact) mass is 286 g/mol. The highest BCUT2D eigenvalue weighted by Gasteiger charge is 2.13. The highest BCUT2D eigenvalue weighted by atomic mass is 16.5. The Bertz CT molecular complexity index is 692. The highest BCUT2D eigenvalue weighted by Crippen LogP contribution is 2.19. The van der Waals surface area contributed by atoms with Gasteiger partial charge in [0.1, 0.15) is 0 Å². The second kappa shape index (κ2) is 6.51. The number of amides is 2. The molecule has 0 spiro atoms. The third kappa shape index (κ3) is 3.79. The van der Waals surface area contributed by atoms with Crippen LogP contribution >= 0.6 is 0 Å². The van der Waals surface area contributed by atoms with E-state index in [2.05, 4.69) is 5.32 Å². The van der Waals surface area contributed by atoms with Crippen LogP contribution in [0.3, 0.4) is 0 Å². The third-order valence-corrected chi connectivity index (χ3v) is 2.80. The van der Waals surface area contributed by atoms with Gasteiger partial charge in [0.2, 0.25) is 5.91 Å². The Morgan fingerprint density at radius 2 is 1.76 bits per heavy atom. The molecule has 0 aliphatic rings. The lowest BCUT2D eigenvalue weighted by Crippen LogP contribution is -2.36. The van der Waals surface area contributed by atoms with E-state index in [4.69, 9.17) is 10.5 Å². The van der Waals surface area contributed by atoms with E-state index in [1.54, 1.807) is 18.2 Å². The number of ether oxygens (including phenoxy) is 1. The quantitative estimate of drug-likeness (QED) is 0.786. The smallest absolute Gasteiger partial charge is 0.339 e. The minimum absolute atomic E-state index is 0.287. The van der Waals surface area contributed by atoms with E-state index in [1.165, 1.54) is 0 Å². The molecule has 2 rings (SSSR count). The van der Waals surface area contributed by atoms with Gasteiger partial charge in [-0.15, -0.1) is 0 Å². The zero-order valence-electron chi connectivity index (χ0n) is 11.2. The number of carbonyl (C=O) groups is 3. The van der Waals surface area contributed by atoms with Crippen molar-refractivity contribution >= 4 is 28.6 Å². The van der Waals surface area contributed by atoms with Crippen molar-refractivity contribution in [3.05, 3.63) is 48.0 Å². The molecule has 6 nitrogen and oxygen atoms in total. The van der Waals surface area contributed by atoms with E-state index in [0.29, 0.717) is 5.56 Å². The second-order valence-electron chi connectivity index (χ2n) is 4.35. The number of hydrogen-bond donors (Lipinski definition) is 2. The largest absolute Gasteiger partial charge is 0.452 e. The first kappa shape index (κ1) is 14.5. The molecule has 0 heterocycles. The molecule has 2 amide bonds. The van der Waals surface area contributed by atoms with Crippen LogP contribution in [0.4, 0.5) is 0 Å². The lowest BCUT2D eigenvalue weighted by molar-refractivity contribution is -0.127. The molecule has 0 aliphatic heterocycles. The van der Waals surface area contributed by atoms with Crippen LogP contribution in [0.25, 0.3) is 10.8 Å². The van der Waals surface area contributed by atoms with Gasteiger partial charge in [-0.25, -0.2) is 4.79 Å². The first-order valence-corrected chi connectivity index (χ1v) is 6.28. The summed E-state index contributed by atoms with van der Waals surface area (Å²) in [6.07, 6.45) is 0. The Balaban J connectivity index is 2.03. The minimum Gasteiger partial charge on any atom is -0.452 e. The van der Waals surface area contributed by atoms with Crippen molar-refractivity contribution in [3.8, 4) is 0 Å². The predicted molar refractivity (Wildman–Crippen MR) is 76.4 cm³/mol. The number of fused-ring (bicyclic) bond motifs is 1. The van der Waals surface area contributed by atoms with Gasteiger partial charge in [0.05, 0.1) is 12.1 Å². The standard InChI is InChI=1S/C15H14N2O4/c16-13(18)8-17-14(19)9-21-15(20)12-7-3-5-10-4-1-2-6-11(10)12/h1-7H,8-9H2,(H2,16,18)(H,17,19). The number of rotatable bonds is 5. The third-order valence-electron chi connectivity index (χ3n) is 2.80. The summed E-state index contributed by atoms with van der Waals surface area (Å²) in [7, 11) is 0. The maximum absolute atomic E-state index is 12.0. The van der Waals surface area contributed by atoms with E-state index < -0.39 is 24.4 Å². The number of primary amides is 1. The topological polar surface area (TPSA) is 98.5 Å². The van der Waals surface area contributed by atoms with Crippen LogP contribution < -0.4 is 11.1 Å². The molecule has 108 valence electrons. The fourth-order valence-corrected chi connectivity index (χ4v) is 1.85. The Morgan fingerprint density at radius 1 is 1.05 bits per heavy atom. The summed E-state index contributed by atoms with van der Waals surface area (Å²) in [4.78, 5) is 33.9. The molecule has 2 aromatic rings. The van der Waals surface area contributed by atoms with Gasteiger partial charge in [0, 0.05) is 0 Å². The Hall–Kier alpha value is -2.89. The molecule has 2 aromatic carbocycles. The Labute approximate surface area is 120 Å². The fourth-order valence-electron chi connectivity index (χ4n) is 1.85. The van der Waals surface area contributed by atoms with Gasteiger partial charge >= 0.3 is 5.97 Å². The molecule has 0 aliphatic carbocycles. The van der Waals surface area contributed by atoms with Crippen molar-refractivity contribution < 1.29 is 19.1 Å². The van der Waals surface area contributed by atoms with E-state index in [9.17, 15) is 14.4 Å². The lowest BCUT2D eigenvalue weighted by Gasteiger charge is -2.07. The molecular weight excluding hydrogens is 272 g/mol. The Kier molecular flexibility index (Phi) is 4.50. The summed E-state index contributed by atoms with van der Waals surface area (Å²) in [5.74, 6) is -1.84. The van der Waals surface area contributed by atoms with Gasteiger partial charge in [-0.2, -0.15) is 0 Å². The van der Waals surface area contributed by atoms with Crippen molar-refractivity contribution in [1.29, 1.82) is 0 Å². The van der Waals surface area contributed by atoms with Crippen LogP contribution in [0.1, 0.15) is 10.4 Å². The van der Waals surface area contributed by atoms with Gasteiger partial charge in [0.15, 0.2) is 6.61 Å². The van der Waals surface area contributed by atoms with Crippen LogP contribution in [0.2, 0.25) is 0 Å². The summed E-state index contributed by atoms with van der Waals surface area (Å²) in [6.45, 7) is -0.750. The van der Waals surface area contributed by atoms with Crippen molar-refractivity contribution in [2.45, 2.75) is 0 Å². The average Bonchev–Trinajstić information content (AvgIpc) is 2.50. The number of carbonyl (C=O) groups excluding carboxylic acids is 3. The molecule has 6 heteroatoms. The molecule has 0 atom stereocenters. The minimum atomic E-state index is -0.663. The SMILES string of the molecule is NC(=O)CNC(=O)COC(=O)c1cccc2ccccc12. The Morgan fingerprint density at radius 3 is 2.52 bits per heavy atom. The van der Waals surface area contributed by atoms with Gasteiger partial charge in [-0.05, 0) is 16.8 Å². The lowest BCUT2D eigenvalue weighted by atomic mass is 10.1. The first-order chi connectivity index (χ1) is 10.1. The van der Waals surface area contributed by atoms with Crippen LogP contribution in [-0.4, -0.2) is 30.9 Å². The van der Waals surface area contributed by atoms with E-state index in [-0.39, 0.29) is 6.54 Å². The zero-order valence-corrected chi connectivity index (χ0v) is 11.2. The second-order valence-corrected chi connectivity index (χ2v) is 4.35. The molecule has 0 aromatic heterocycles.